The molecule has 19 heavy (non-hydrogen) atoms. The van der Waals surface area contributed by atoms with Crippen molar-refractivity contribution in [2.45, 2.75) is 37.4 Å². The van der Waals surface area contributed by atoms with E-state index in [-0.39, 0.29) is 19.1 Å². The lowest BCUT2D eigenvalue weighted by atomic mass is 10.1. The van der Waals surface area contributed by atoms with E-state index >= 15 is 0 Å². The van der Waals surface area contributed by atoms with Gasteiger partial charge in [-0.15, -0.1) is 0 Å². The zero-order chi connectivity index (χ0) is 14.1. The summed E-state index contributed by atoms with van der Waals surface area (Å²) in [7, 11) is -0.552. The molecule has 0 bridgehead atoms. The molecule has 6 nitrogen and oxygen atoms in total. The number of phosphoric ester groups is 1. The van der Waals surface area contributed by atoms with Crippen LogP contribution in [0.2, 0.25) is 0 Å². The Morgan fingerprint density at radius 2 is 2.21 bits per heavy atom. The molecule has 1 rings (SSSR count). The zero-order valence-electron chi connectivity index (χ0n) is 10.6. The highest BCUT2D eigenvalue weighted by Gasteiger charge is 2.16. The van der Waals surface area contributed by atoms with Crippen LogP contribution in [0.15, 0.2) is 0 Å². The van der Waals surface area contributed by atoms with E-state index in [4.69, 9.17) is 9.79 Å². The minimum absolute atomic E-state index is 0.0947. The smallest absolute Gasteiger partial charge is 0.354 e. The third kappa shape index (κ3) is 9.76. The number of nitrogens with one attached hydrogen (secondary N) is 1. The normalized spacial score (nSPS) is 19.6. The molecular weight excluding hydrogens is 309 g/mol. The SMILES string of the molecule is O=C(CCCC[C@@H]1CCSS1)NCCOP(=O)(O)O. The summed E-state index contributed by atoms with van der Waals surface area (Å²) in [5, 5.41) is 3.31. The number of hydrogen-bond donors (Lipinski definition) is 3. The predicted molar refractivity (Wildman–Crippen MR) is 77.9 cm³/mol. The molecule has 1 saturated heterocycles. The summed E-state index contributed by atoms with van der Waals surface area (Å²) in [6, 6.07) is 0. The lowest BCUT2D eigenvalue weighted by Gasteiger charge is -2.08. The lowest BCUT2D eigenvalue weighted by Crippen LogP contribution is -2.26. The van der Waals surface area contributed by atoms with Crippen LogP contribution >= 0.6 is 29.4 Å². The third-order valence-corrected chi connectivity index (χ3v) is 6.12. The van der Waals surface area contributed by atoms with E-state index in [9.17, 15) is 9.36 Å². The van der Waals surface area contributed by atoms with E-state index in [0.717, 1.165) is 24.5 Å². The molecule has 9 heteroatoms. The molecule has 0 spiro atoms. The zero-order valence-corrected chi connectivity index (χ0v) is 13.1. The maximum absolute atomic E-state index is 11.4. The van der Waals surface area contributed by atoms with Gasteiger partial charge in [0.15, 0.2) is 0 Å². The largest absolute Gasteiger partial charge is 0.469 e. The first-order chi connectivity index (χ1) is 8.97. The summed E-state index contributed by atoms with van der Waals surface area (Å²) in [5.74, 6) is 1.14. The number of unbranched alkanes of at least 4 members (excludes halogenated alkanes) is 1. The van der Waals surface area contributed by atoms with Gasteiger partial charge in [0.2, 0.25) is 5.91 Å². The van der Waals surface area contributed by atoms with Gasteiger partial charge in [-0.3, -0.25) is 9.32 Å². The fraction of sp³-hybridized carbons (Fsp3) is 0.900. The van der Waals surface area contributed by atoms with Gasteiger partial charge in [-0.05, 0) is 19.3 Å². The van der Waals surface area contributed by atoms with Crippen molar-refractivity contribution < 1.29 is 23.7 Å². The first kappa shape index (κ1) is 17.3. The van der Waals surface area contributed by atoms with Crippen LogP contribution in [0.3, 0.4) is 0 Å². The molecule has 3 N–H and O–H groups in total. The maximum Gasteiger partial charge on any atom is 0.469 e. The molecule has 1 aliphatic rings. The van der Waals surface area contributed by atoms with Crippen molar-refractivity contribution in [2.24, 2.45) is 0 Å². The first-order valence-electron chi connectivity index (χ1n) is 6.22. The Kier molecular flexibility index (Phi) is 8.45. The van der Waals surface area contributed by atoms with Gasteiger partial charge < -0.3 is 15.1 Å². The van der Waals surface area contributed by atoms with E-state index in [1.165, 1.54) is 12.2 Å². The molecule has 0 unspecified atom stereocenters. The molecule has 0 aromatic heterocycles. The minimum Gasteiger partial charge on any atom is -0.354 e. The summed E-state index contributed by atoms with van der Waals surface area (Å²) in [4.78, 5) is 28.3. The van der Waals surface area contributed by atoms with E-state index < -0.39 is 7.82 Å². The van der Waals surface area contributed by atoms with Gasteiger partial charge in [-0.25, -0.2) is 4.57 Å². The van der Waals surface area contributed by atoms with Crippen molar-refractivity contribution in [3.8, 4) is 0 Å². The predicted octanol–water partition coefficient (Wildman–Crippen LogP) is 1.93. The highest BCUT2D eigenvalue weighted by Crippen LogP contribution is 2.39. The minimum atomic E-state index is -4.42. The molecule has 1 aliphatic heterocycles. The molecule has 1 atom stereocenters. The van der Waals surface area contributed by atoms with Gasteiger partial charge in [0, 0.05) is 24.0 Å². The highest BCUT2D eigenvalue weighted by atomic mass is 33.1. The fourth-order valence-corrected chi connectivity index (χ4v) is 5.02. The molecule has 1 fully saturated rings. The molecule has 0 radical (unpaired) electrons. The molecule has 1 heterocycles. The van der Waals surface area contributed by atoms with Crippen LogP contribution in [0.25, 0.3) is 0 Å². The van der Waals surface area contributed by atoms with E-state index in [1.54, 1.807) is 0 Å². The van der Waals surface area contributed by atoms with E-state index in [0.29, 0.717) is 6.42 Å². The summed E-state index contributed by atoms with van der Waals surface area (Å²) in [6.45, 7) is -0.0506. The second-order valence-electron chi connectivity index (χ2n) is 4.25. The Hall–Kier alpha value is 0.280. The quantitative estimate of drug-likeness (QED) is 0.338. The van der Waals surface area contributed by atoms with Crippen LogP contribution in [-0.4, -0.2) is 39.8 Å². The van der Waals surface area contributed by atoms with Crippen molar-refractivity contribution in [3.05, 3.63) is 0 Å². The van der Waals surface area contributed by atoms with Crippen LogP contribution in [0.1, 0.15) is 32.1 Å². The van der Waals surface area contributed by atoms with E-state index in [1.807, 2.05) is 21.6 Å². The number of carbonyl (C=O) groups excluding carboxylic acids is 1. The lowest BCUT2D eigenvalue weighted by molar-refractivity contribution is -0.121. The average Bonchev–Trinajstić information content (AvgIpc) is 2.82. The summed E-state index contributed by atoms with van der Waals surface area (Å²) >= 11 is 0. The summed E-state index contributed by atoms with van der Waals surface area (Å²) < 4.78 is 14.6. The van der Waals surface area contributed by atoms with Gasteiger partial charge in [0.1, 0.15) is 0 Å². The number of hydrogen-bond acceptors (Lipinski definition) is 5. The monoisotopic (exact) mass is 329 g/mol. The Bertz CT molecular complexity index is 319. The Balaban J connectivity index is 1.91. The second kappa shape index (κ2) is 9.26. The number of amides is 1. The van der Waals surface area contributed by atoms with Gasteiger partial charge >= 0.3 is 7.82 Å². The molecule has 1 amide bonds. The summed E-state index contributed by atoms with van der Waals surface area (Å²) in [5.41, 5.74) is 0. The van der Waals surface area contributed by atoms with Crippen molar-refractivity contribution in [1.29, 1.82) is 0 Å². The Labute approximate surface area is 121 Å². The van der Waals surface area contributed by atoms with Crippen LogP contribution in [0.4, 0.5) is 0 Å². The topological polar surface area (TPSA) is 95.9 Å². The van der Waals surface area contributed by atoms with Gasteiger partial charge in [0.25, 0.3) is 0 Å². The number of carbonyl (C=O) groups is 1. The Morgan fingerprint density at radius 1 is 1.42 bits per heavy atom. The van der Waals surface area contributed by atoms with Gasteiger partial charge in [-0.1, -0.05) is 28.0 Å². The van der Waals surface area contributed by atoms with Gasteiger partial charge in [0.05, 0.1) is 6.61 Å². The maximum atomic E-state index is 11.4. The third-order valence-electron chi connectivity index (χ3n) is 2.59. The molecule has 112 valence electrons. The standard InChI is InChI=1S/C10H20NO5PS2/c12-10(11-6-7-16-17(13,14)15)4-2-1-3-9-5-8-18-19-9/h9H,1-8H2,(H,11,12)(H2,13,14,15)/t9-/m1/s1. The van der Waals surface area contributed by atoms with Crippen molar-refractivity contribution in [1.82, 2.24) is 5.32 Å². The van der Waals surface area contributed by atoms with Crippen LogP contribution in [0, 0.1) is 0 Å². The molecule has 0 aromatic rings. The average molecular weight is 329 g/mol. The van der Waals surface area contributed by atoms with Crippen LogP contribution < -0.4 is 5.32 Å². The van der Waals surface area contributed by atoms with Crippen LogP contribution in [0.5, 0.6) is 0 Å². The molecule has 0 aliphatic carbocycles. The highest BCUT2D eigenvalue weighted by molar-refractivity contribution is 8.77. The van der Waals surface area contributed by atoms with Crippen molar-refractivity contribution in [2.75, 3.05) is 18.9 Å². The van der Waals surface area contributed by atoms with Crippen molar-refractivity contribution >= 4 is 35.3 Å². The molecule has 0 saturated carbocycles. The van der Waals surface area contributed by atoms with Gasteiger partial charge in [-0.2, -0.15) is 0 Å². The molecular formula is C10H20NO5PS2. The Morgan fingerprint density at radius 3 is 2.84 bits per heavy atom. The number of phosphoric acid groups is 1. The summed E-state index contributed by atoms with van der Waals surface area (Å²) in [6.07, 6.45) is 4.78. The first-order valence-corrected chi connectivity index (χ1v) is 10.1. The van der Waals surface area contributed by atoms with Crippen LogP contribution in [-0.2, 0) is 13.9 Å². The second-order valence-corrected chi connectivity index (χ2v) is 8.28. The fourth-order valence-electron chi connectivity index (χ4n) is 1.67. The molecule has 0 aromatic carbocycles. The van der Waals surface area contributed by atoms with Crippen molar-refractivity contribution in [3.63, 3.8) is 0 Å². The number of rotatable bonds is 9. The van der Waals surface area contributed by atoms with E-state index in [2.05, 4.69) is 9.84 Å².